The van der Waals surface area contributed by atoms with E-state index in [-0.39, 0.29) is 18.4 Å². The van der Waals surface area contributed by atoms with Crippen molar-refractivity contribution in [3.05, 3.63) is 70.7 Å². The number of piperidine rings is 1. The van der Waals surface area contributed by atoms with Crippen LogP contribution in [0.15, 0.2) is 47.3 Å². The Hall–Kier alpha value is -2.60. The monoisotopic (exact) mass is 398 g/mol. The van der Waals surface area contributed by atoms with Crippen LogP contribution in [-0.2, 0) is 17.8 Å². The number of carbonyl (C=O) groups excluding carboxylic acids is 1. The van der Waals surface area contributed by atoms with E-state index in [4.69, 9.17) is 16.0 Å². The summed E-state index contributed by atoms with van der Waals surface area (Å²) >= 11 is 6.24. The summed E-state index contributed by atoms with van der Waals surface area (Å²) in [5.74, 6) is 1.70. The average molecular weight is 399 g/mol. The molecule has 1 aliphatic heterocycles. The van der Waals surface area contributed by atoms with Crippen molar-refractivity contribution in [2.75, 3.05) is 13.1 Å². The molecule has 7 heteroatoms. The van der Waals surface area contributed by atoms with E-state index in [9.17, 15) is 4.79 Å². The molecule has 3 aromatic rings. The van der Waals surface area contributed by atoms with Crippen LogP contribution in [0.5, 0.6) is 0 Å². The van der Waals surface area contributed by atoms with Gasteiger partial charge in [0, 0.05) is 30.7 Å². The first-order valence-electron chi connectivity index (χ1n) is 9.53. The van der Waals surface area contributed by atoms with Crippen LogP contribution >= 0.6 is 11.6 Å². The molecule has 1 fully saturated rings. The topological polar surface area (TPSA) is 64.2 Å². The van der Waals surface area contributed by atoms with E-state index in [1.165, 1.54) is 0 Å². The lowest BCUT2D eigenvalue weighted by Crippen LogP contribution is -2.41. The van der Waals surface area contributed by atoms with E-state index >= 15 is 0 Å². The predicted octanol–water partition coefficient (Wildman–Crippen LogP) is 3.83. The molecule has 1 aliphatic rings. The van der Waals surface area contributed by atoms with Crippen LogP contribution in [0.1, 0.15) is 41.5 Å². The zero-order valence-electron chi connectivity index (χ0n) is 15.8. The quantitative estimate of drug-likeness (QED) is 0.655. The highest BCUT2D eigenvalue weighted by Crippen LogP contribution is 2.28. The van der Waals surface area contributed by atoms with Gasteiger partial charge in [-0.3, -0.25) is 9.48 Å². The number of hydrogen-bond donors (Lipinski definition) is 0. The number of aromatic nitrogens is 3. The van der Waals surface area contributed by atoms with E-state index in [2.05, 4.69) is 10.1 Å². The molecule has 3 heterocycles. The molecule has 0 N–H and O–H groups in total. The van der Waals surface area contributed by atoms with E-state index in [1.54, 1.807) is 17.1 Å². The second-order valence-corrected chi connectivity index (χ2v) is 7.73. The molecule has 0 unspecified atom stereocenters. The molecule has 0 bridgehead atoms. The van der Waals surface area contributed by atoms with E-state index in [0.29, 0.717) is 18.9 Å². The molecule has 6 nitrogen and oxygen atoms in total. The Bertz CT molecular complexity index is 965. The van der Waals surface area contributed by atoms with Crippen molar-refractivity contribution in [2.45, 2.75) is 38.6 Å². The van der Waals surface area contributed by atoms with Gasteiger partial charge < -0.3 is 9.32 Å². The fourth-order valence-corrected chi connectivity index (χ4v) is 3.82. The van der Waals surface area contributed by atoms with Crippen LogP contribution in [0, 0.1) is 6.92 Å². The Kier molecular flexibility index (Phi) is 5.48. The SMILES string of the molecule is Cc1cnn(CC(=O)N2CCC[C@@H](c3ncc(Cc4ccccc4Cl)o3)C2)c1. The van der Waals surface area contributed by atoms with Gasteiger partial charge in [0.15, 0.2) is 5.89 Å². The van der Waals surface area contributed by atoms with Gasteiger partial charge in [-0.15, -0.1) is 0 Å². The van der Waals surface area contributed by atoms with Gasteiger partial charge >= 0.3 is 0 Å². The Morgan fingerprint density at radius 3 is 2.96 bits per heavy atom. The molecule has 28 heavy (non-hydrogen) atoms. The molecule has 1 atom stereocenters. The van der Waals surface area contributed by atoms with E-state index < -0.39 is 0 Å². The fraction of sp³-hybridized carbons (Fsp3) is 0.381. The number of aryl methyl sites for hydroxylation is 1. The van der Waals surface area contributed by atoms with Crippen LogP contribution in [0.25, 0.3) is 0 Å². The molecule has 2 aromatic heterocycles. The molecule has 0 radical (unpaired) electrons. The lowest BCUT2D eigenvalue weighted by Gasteiger charge is -2.31. The second-order valence-electron chi connectivity index (χ2n) is 7.33. The van der Waals surface area contributed by atoms with E-state index in [1.807, 2.05) is 42.3 Å². The maximum Gasteiger partial charge on any atom is 0.244 e. The minimum Gasteiger partial charge on any atom is -0.445 e. The first-order valence-corrected chi connectivity index (χ1v) is 9.91. The number of oxazole rings is 1. The molecular formula is C21H23ClN4O2. The number of nitrogens with zero attached hydrogens (tertiary/aromatic N) is 4. The van der Waals surface area contributed by atoms with E-state index in [0.717, 1.165) is 41.3 Å². The molecule has 1 amide bonds. The predicted molar refractivity (Wildman–Crippen MR) is 106 cm³/mol. The van der Waals surface area contributed by atoms with Gasteiger partial charge in [0.05, 0.1) is 18.3 Å². The molecule has 4 rings (SSSR count). The van der Waals surface area contributed by atoms with Crippen molar-refractivity contribution in [1.82, 2.24) is 19.7 Å². The van der Waals surface area contributed by atoms with Crippen LogP contribution in [-0.4, -0.2) is 38.7 Å². The first kappa shape index (κ1) is 18.7. The standard InChI is InChI=1S/C21H23ClN4O2/c1-15-10-24-26(12-15)14-20(27)25-8-4-6-17(13-25)21-23-11-18(28-21)9-16-5-2-3-7-19(16)22/h2-3,5,7,10-12,17H,4,6,8-9,13-14H2,1H3/t17-/m1/s1. The van der Waals surface area contributed by atoms with Crippen molar-refractivity contribution >= 4 is 17.5 Å². The Morgan fingerprint density at radius 2 is 2.18 bits per heavy atom. The molecule has 0 saturated carbocycles. The first-order chi connectivity index (χ1) is 13.6. The Balaban J connectivity index is 1.40. The summed E-state index contributed by atoms with van der Waals surface area (Å²) in [4.78, 5) is 19.0. The summed E-state index contributed by atoms with van der Waals surface area (Å²) < 4.78 is 7.70. The third-order valence-corrected chi connectivity index (χ3v) is 5.45. The van der Waals surface area contributed by atoms with Crippen molar-refractivity contribution in [2.24, 2.45) is 0 Å². The molecular weight excluding hydrogens is 376 g/mol. The third kappa shape index (κ3) is 4.28. The summed E-state index contributed by atoms with van der Waals surface area (Å²) in [5, 5.41) is 4.93. The number of halogens is 1. The largest absolute Gasteiger partial charge is 0.445 e. The highest BCUT2D eigenvalue weighted by atomic mass is 35.5. The summed E-state index contributed by atoms with van der Waals surface area (Å²) in [6.45, 7) is 3.63. The third-order valence-electron chi connectivity index (χ3n) is 5.08. The fourth-order valence-electron chi connectivity index (χ4n) is 3.62. The Labute approximate surface area is 169 Å². The second kappa shape index (κ2) is 8.19. The molecule has 0 spiro atoms. The van der Waals surface area contributed by atoms with Gasteiger partial charge in [-0.25, -0.2) is 4.98 Å². The zero-order chi connectivity index (χ0) is 19.5. The summed E-state index contributed by atoms with van der Waals surface area (Å²) in [7, 11) is 0. The number of amides is 1. The van der Waals surface area contributed by atoms with Crippen molar-refractivity contribution in [3.8, 4) is 0 Å². The van der Waals surface area contributed by atoms with Gasteiger partial charge in [0.1, 0.15) is 12.3 Å². The molecule has 1 saturated heterocycles. The zero-order valence-corrected chi connectivity index (χ0v) is 16.6. The van der Waals surface area contributed by atoms with Crippen LogP contribution in [0.4, 0.5) is 0 Å². The molecule has 0 aliphatic carbocycles. The van der Waals surface area contributed by atoms with Crippen molar-refractivity contribution < 1.29 is 9.21 Å². The summed E-state index contributed by atoms with van der Waals surface area (Å²) in [6.07, 6.45) is 7.94. The van der Waals surface area contributed by atoms with Gasteiger partial charge in [-0.1, -0.05) is 29.8 Å². The van der Waals surface area contributed by atoms with Crippen molar-refractivity contribution in [3.63, 3.8) is 0 Å². The maximum absolute atomic E-state index is 12.6. The molecule has 146 valence electrons. The number of benzene rings is 1. The average Bonchev–Trinajstić information content (AvgIpc) is 3.33. The smallest absolute Gasteiger partial charge is 0.244 e. The lowest BCUT2D eigenvalue weighted by molar-refractivity contribution is -0.133. The number of likely N-dealkylation sites (tertiary alicyclic amines) is 1. The normalized spacial score (nSPS) is 17.1. The minimum atomic E-state index is 0.0793. The lowest BCUT2D eigenvalue weighted by atomic mass is 9.98. The van der Waals surface area contributed by atoms with Crippen molar-refractivity contribution in [1.29, 1.82) is 0 Å². The van der Waals surface area contributed by atoms with Gasteiger partial charge in [0.2, 0.25) is 5.91 Å². The van der Waals surface area contributed by atoms with Gasteiger partial charge in [0.25, 0.3) is 0 Å². The van der Waals surface area contributed by atoms with Gasteiger partial charge in [-0.05, 0) is 37.0 Å². The van der Waals surface area contributed by atoms with Crippen LogP contribution in [0.2, 0.25) is 5.02 Å². The number of rotatable bonds is 5. The highest BCUT2D eigenvalue weighted by molar-refractivity contribution is 6.31. The Morgan fingerprint density at radius 1 is 1.32 bits per heavy atom. The highest BCUT2D eigenvalue weighted by Gasteiger charge is 2.28. The number of carbonyl (C=O) groups is 1. The number of hydrogen-bond acceptors (Lipinski definition) is 4. The minimum absolute atomic E-state index is 0.0793. The maximum atomic E-state index is 12.6. The van der Waals surface area contributed by atoms with Crippen LogP contribution in [0.3, 0.4) is 0 Å². The summed E-state index contributed by atoms with van der Waals surface area (Å²) in [6, 6.07) is 7.74. The van der Waals surface area contributed by atoms with Crippen LogP contribution < -0.4 is 0 Å². The summed E-state index contributed by atoms with van der Waals surface area (Å²) in [5.41, 5.74) is 2.07. The molecule has 1 aromatic carbocycles. The van der Waals surface area contributed by atoms with Gasteiger partial charge in [-0.2, -0.15) is 5.10 Å².